The van der Waals surface area contributed by atoms with Crippen molar-refractivity contribution in [1.29, 1.82) is 0 Å². The lowest BCUT2D eigenvalue weighted by Gasteiger charge is -2.25. The topological polar surface area (TPSA) is 46.9 Å². The van der Waals surface area contributed by atoms with E-state index < -0.39 is 6.10 Å². The highest BCUT2D eigenvalue weighted by Gasteiger charge is 2.13. The second-order valence-electron chi connectivity index (χ2n) is 4.82. The van der Waals surface area contributed by atoms with Gasteiger partial charge in [0.2, 0.25) is 0 Å². The van der Waals surface area contributed by atoms with Crippen LogP contribution in [0.2, 0.25) is 0 Å². The van der Waals surface area contributed by atoms with Crippen molar-refractivity contribution in [2.24, 2.45) is 7.05 Å². The molecule has 0 aliphatic heterocycles. The van der Waals surface area contributed by atoms with E-state index in [2.05, 4.69) is 22.1 Å². The van der Waals surface area contributed by atoms with Gasteiger partial charge in [-0.3, -0.25) is 4.90 Å². The first kappa shape index (κ1) is 16.9. The molecule has 1 atom stereocenters. The summed E-state index contributed by atoms with van der Waals surface area (Å²) < 4.78 is 12.5. The molecule has 1 aromatic rings. The molecule has 1 aromatic heterocycles. The molecular formula is C15H26N2O3. The summed E-state index contributed by atoms with van der Waals surface area (Å²) in [7, 11) is 3.71. The van der Waals surface area contributed by atoms with Gasteiger partial charge < -0.3 is 19.1 Å². The fourth-order valence-corrected chi connectivity index (χ4v) is 1.98. The zero-order chi connectivity index (χ0) is 14.8. The minimum atomic E-state index is -0.507. The number of hydrogen-bond donors (Lipinski definition) is 1. The van der Waals surface area contributed by atoms with Gasteiger partial charge in [-0.25, -0.2) is 0 Å². The fraction of sp³-hybridized carbons (Fsp3) is 0.600. The predicted octanol–water partition coefficient (Wildman–Crippen LogP) is 1.04. The van der Waals surface area contributed by atoms with Gasteiger partial charge in [0.05, 0.1) is 25.9 Å². The second kappa shape index (κ2) is 9.72. The smallest absolute Gasteiger partial charge is 0.0900 e. The largest absolute Gasteiger partial charge is 0.389 e. The van der Waals surface area contributed by atoms with Gasteiger partial charge in [0, 0.05) is 45.7 Å². The molecule has 5 heteroatoms. The summed E-state index contributed by atoms with van der Waals surface area (Å²) in [6.07, 6.45) is 3.19. The Balaban J connectivity index is 2.46. The molecule has 0 amide bonds. The number of rotatable bonds is 11. The van der Waals surface area contributed by atoms with Crippen LogP contribution >= 0.6 is 0 Å². The lowest BCUT2D eigenvalue weighted by atomic mass is 10.3. The SMILES string of the molecule is C=CCOC[C@@H](O)CN(CCOC)Cc1cccn1C. The highest BCUT2D eigenvalue weighted by atomic mass is 16.5. The minimum absolute atomic E-state index is 0.322. The number of aromatic nitrogens is 1. The van der Waals surface area contributed by atoms with Crippen LogP contribution in [0.3, 0.4) is 0 Å². The van der Waals surface area contributed by atoms with E-state index in [0.29, 0.717) is 26.4 Å². The van der Waals surface area contributed by atoms with Crippen LogP contribution in [0, 0.1) is 0 Å². The van der Waals surface area contributed by atoms with Crippen LogP contribution in [-0.2, 0) is 23.1 Å². The van der Waals surface area contributed by atoms with E-state index in [9.17, 15) is 5.11 Å². The maximum atomic E-state index is 9.99. The Morgan fingerprint density at radius 3 is 2.95 bits per heavy atom. The van der Waals surface area contributed by atoms with Crippen molar-refractivity contribution in [2.45, 2.75) is 12.6 Å². The Labute approximate surface area is 121 Å². The summed E-state index contributed by atoms with van der Waals surface area (Å²) in [5, 5.41) is 9.99. The molecule has 1 N–H and O–H groups in total. The van der Waals surface area contributed by atoms with Gasteiger partial charge >= 0.3 is 0 Å². The summed E-state index contributed by atoms with van der Waals surface area (Å²) >= 11 is 0. The number of aryl methyl sites for hydroxylation is 1. The highest BCUT2D eigenvalue weighted by Crippen LogP contribution is 2.06. The summed E-state index contributed by atoms with van der Waals surface area (Å²) in [5.74, 6) is 0. The molecule has 114 valence electrons. The third-order valence-corrected chi connectivity index (χ3v) is 3.06. The first-order valence-corrected chi connectivity index (χ1v) is 6.85. The van der Waals surface area contributed by atoms with Crippen molar-refractivity contribution < 1.29 is 14.6 Å². The summed E-state index contributed by atoms with van der Waals surface area (Å²) in [5.41, 5.74) is 1.21. The third-order valence-electron chi connectivity index (χ3n) is 3.06. The average molecular weight is 282 g/mol. The number of nitrogens with zero attached hydrogens (tertiary/aromatic N) is 2. The molecule has 0 saturated heterocycles. The Kier molecular flexibility index (Phi) is 8.22. The van der Waals surface area contributed by atoms with Crippen molar-refractivity contribution in [2.75, 3.05) is 40.0 Å². The lowest BCUT2D eigenvalue weighted by molar-refractivity contribution is 0.0190. The van der Waals surface area contributed by atoms with E-state index in [1.165, 1.54) is 5.69 Å². The van der Waals surface area contributed by atoms with E-state index in [-0.39, 0.29) is 0 Å². The van der Waals surface area contributed by atoms with Crippen LogP contribution in [0.1, 0.15) is 5.69 Å². The lowest BCUT2D eigenvalue weighted by Crippen LogP contribution is -2.37. The average Bonchev–Trinajstić information content (AvgIpc) is 2.82. The van der Waals surface area contributed by atoms with Crippen molar-refractivity contribution in [3.63, 3.8) is 0 Å². The van der Waals surface area contributed by atoms with Gasteiger partial charge in [-0.1, -0.05) is 6.08 Å². The summed E-state index contributed by atoms with van der Waals surface area (Å²) in [6, 6.07) is 4.11. The fourth-order valence-electron chi connectivity index (χ4n) is 1.98. The molecule has 0 bridgehead atoms. The first-order valence-electron chi connectivity index (χ1n) is 6.85. The Bertz CT molecular complexity index is 379. The molecule has 1 rings (SSSR count). The minimum Gasteiger partial charge on any atom is -0.389 e. The van der Waals surface area contributed by atoms with Crippen LogP contribution in [0.25, 0.3) is 0 Å². The first-order chi connectivity index (χ1) is 9.67. The van der Waals surface area contributed by atoms with Crippen molar-refractivity contribution >= 4 is 0 Å². The molecule has 1 heterocycles. The summed E-state index contributed by atoms with van der Waals surface area (Å²) in [4.78, 5) is 2.17. The molecule has 0 aromatic carbocycles. The van der Waals surface area contributed by atoms with Crippen molar-refractivity contribution in [3.05, 3.63) is 36.7 Å². The van der Waals surface area contributed by atoms with E-state index >= 15 is 0 Å². The molecule has 0 saturated carbocycles. The second-order valence-corrected chi connectivity index (χ2v) is 4.82. The normalized spacial score (nSPS) is 12.8. The maximum absolute atomic E-state index is 9.99. The van der Waals surface area contributed by atoms with Gasteiger partial charge in [-0.15, -0.1) is 6.58 Å². The van der Waals surface area contributed by atoms with Crippen molar-refractivity contribution in [1.82, 2.24) is 9.47 Å². The maximum Gasteiger partial charge on any atom is 0.0900 e. The van der Waals surface area contributed by atoms with Crippen LogP contribution in [-0.4, -0.2) is 60.7 Å². The molecule has 0 aliphatic carbocycles. The van der Waals surface area contributed by atoms with Gasteiger partial charge in [-0.05, 0) is 12.1 Å². The number of aliphatic hydroxyl groups excluding tert-OH is 1. The van der Waals surface area contributed by atoms with Crippen LogP contribution in [0.15, 0.2) is 31.0 Å². The van der Waals surface area contributed by atoms with E-state index in [0.717, 1.165) is 13.1 Å². The molecule has 5 nitrogen and oxygen atoms in total. The molecular weight excluding hydrogens is 256 g/mol. The zero-order valence-corrected chi connectivity index (χ0v) is 12.5. The van der Waals surface area contributed by atoms with Crippen LogP contribution in [0.4, 0.5) is 0 Å². The molecule has 0 spiro atoms. The number of methoxy groups -OCH3 is 1. The monoisotopic (exact) mass is 282 g/mol. The Morgan fingerprint density at radius 2 is 2.35 bits per heavy atom. The van der Waals surface area contributed by atoms with Gasteiger partial charge in [-0.2, -0.15) is 0 Å². The Hall–Kier alpha value is -1.14. The van der Waals surface area contributed by atoms with Gasteiger partial charge in [0.25, 0.3) is 0 Å². The van der Waals surface area contributed by atoms with E-state index in [1.54, 1.807) is 13.2 Å². The number of ether oxygens (including phenoxy) is 2. The van der Waals surface area contributed by atoms with Crippen LogP contribution in [0.5, 0.6) is 0 Å². The third kappa shape index (κ3) is 6.34. The zero-order valence-electron chi connectivity index (χ0n) is 12.5. The summed E-state index contributed by atoms with van der Waals surface area (Å²) in [6.45, 7) is 7.14. The predicted molar refractivity (Wildman–Crippen MR) is 79.6 cm³/mol. The van der Waals surface area contributed by atoms with Gasteiger partial charge in [0.15, 0.2) is 0 Å². The number of aliphatic hydroxyl groups is 1. The molecule has 0 unspecified atom stereocenters. The molecule has 0 aliphatic rings. The molecule has 20 heavy (non-hydrogen) atoms. The molecule has 0 fully saturated rings. The van der Waals surface area contributed by atoms with Crippen LogP contribution < -0.4 is 0 Å². The quantitative estimate of drug-likeness (QED) is 0.486. The van der Waals surface area contributed by atoms with E-state index in [1.807, 2.05) is 19.3 Å². The standard InChI is InChI=1S/C15H26N2O3/c1-4-9-20-13-15(18)12-17(8-10-19-3)11-14-6-5-7-16(14)2/h4-7,15,18H,1,8-13H2,2-3H3/t15-/m0/s1. The Morgan fingerprint density at radius 1 is 1.55 bits per heavy atom. The highest BCUT2D eigenvalue weighted by molar-refractivity contribution is 5.06. The molecule has 0 radical (unpaired) electrons. The van der Waals surface area contributed by atoms with Crippen molar-refractivity contribution in [3.8, 4) is 0 Å². The number of hydrogen-bond acceptors (Lipinski definition) is 4. The van der Waals surface area contributed by atoms with E-state index in [4.69, 9.17) is 9.47 Å². The van der Waals surface area contributed by atoms with Gasteiger partial charge in [0.1, 0.15) is 0 Å².